The SMILES string of the molecule is CCc1cn(-c2ccc3c(C)c[nH]c3c2)c2ccccc12. The minimum atomic E-state index is 1.05. The fourth-order valence-corrected chi connectivity index (χ4v) is 3.15. The number of rotatable bonds is 2. The standard InChI is InChI=1S/C19H18N2/c1-3-14-12-21(19-7-5-4-6-17(14)19)15-8-9-16-13(2)11-20-18(16)10-15/h4-12,20H,3H2,1-2H3. The molecule has 21 heavy (non-hydrogen) atoms. The van der Waals surface area contributed by atoms with Crippen LogP contribution in [-0.2, 0) is 6.42 Å². The number of hydrogen-bond acceptors (Lipinski definition) is 0. The Morgan fingerprint density at radius 3 is 2.76 bits per heavy atom. The number of para-hydroxylation sites is 1. The van der Waals surface area contributed by atoms with Crippen molar-refractivity contribution in [1.29, 1.82) is 0 Å². The number of nitrogens with one attached hydrogen (secondary N) is 1. The molecule has 0 spiro atoms. The second-order valence-electron chi connectivity index (χ2n) is 5.60. The van der Waals surface area contributed by atoms with Gasteiger partial charge in [0, 0.05) is 34.4 Å². The zero-order valence-corrected chi connectivity index (χ0v) is 12.4. The van der Waals surface area contributed by atoms with Crippen LogP contribution < -0.4 is 0 Å². The normalized spacial score (nSPS) is 11.5. The van der Waals surface area contributed by atoms with Crippen LogP contribution in [-0.4, -0.2) is 9.55 Å². The summed E-state index contributed by atoms with van der Waals surface area (Å²) in [7, 11) is 0. The first-order valence-electron chi connectivity index (χ1n) is 7.45. The molecule has 0 atom stereocenters. The Hall–Kier alpha value is -2.48. The van der Waals surface area contributed by atoms with E-state index in [1.165, 1.54) is 38.6 Å². The van der Waals surface area contributed by atoms with Crippen molar-refractivity contribution in [2.45, 2.75) is 20.3 Å². The maximum absolute atomic E-state index is 3.35. The van der Waals surface area contributed by atoms with E-state index in [0.29, 0.717) is 0 Å². The average Bonchev–Trinajstić information content (AvgIpc) is 3.08. The van der Waals surface area contributed by atoms with Gasteiger partial charge in [0.1, 0.15) is 0 Å². The van der Waals surface area contributed by atoms with Gasteiger partial charge in [-0.25, -0.2) is 0 Å². The van der Waals surface area contributed by atoms with Gasteiger partial charge in [0.2, 0.25) is 0 Å². The lowest BCUT2D eigenvalue weighted by molar-refractivity contribution is 1.08. The third kappa shape index (κ3) is 1.79. The van der Waals surface area contributed by atoms with Crippen LogP contribution in [0.5, 0.6) is 0 Å². The second kappa shape index (κ2) is 4.52. The number of nitrogens with zero attached hydrogens (tertiary/aromatic N) is 1. The van der Waals surface area contributed by atoms with E-state index >= 15 is 0 Å². The molecule has 0 bridgehead atoms. The number of aryl methyl sites for hydroxylation is 2. The predicted octanol–water partition coefficient (Wildman–Crippen LogP) is 4.98. The van der Waals surface area contributed by atoms with Gasteiger partial charge >= 0.3 is 0 Å². The van der Waals surface area contributed by atoms with Crippen molar-refractivity contribution in [3.8, 4) is 5.69 Å². The van der Waals surface area contributed by atoms with Crippen LogP contribution >= 0.6 is 0 Å². The van der Waals surface area contributed by atoms with Crippen molar-refractivity contribution < 1.29 is 0 Å². The molecule has 0 amide bonds. The van der Waals surface area contributed by atoms with Gasteiger partial charge < -0.3 is 9.55 Å². The number of hydrogen-bond donors (Lipinski definition) is 1. The van der Waals surface area contributed by atoms with E-state index in [0.717, 1.165) is 6.42 Å². The summed E-state index contributed by atoms with van der Waals surface area (Å²) in [5, 5.41) is 2.65. The van der Waals surface area contributed by atoms with Crippen molar-refractivity contribution in [1.82, 2.24) is 9.55 Å². The summed E-state index contributed by atoms with van der Waals surface area (Å²) in [6.07, 6.45) is 5.39. The summed E-state index contributed by atoms with van der Waals surface area (Å²) < 4.78 is 2.30. The lowest BCUT2D eigenvalue weighted by Gasteiger charge is -2.06. The molecule has 4 rings (SSSR count). The first-order chi connectivity index (χ1) is 10.3. The number of aromatic nitrogens is 2. The molecule has 0 aliphatic rings. The molecule has 2 heteroatoms. The van der Waals surface area contributed by atoms with Gasteiger partial charge in [-0.2, -0.15) is 0 Å². The van der Waals surface area contributed by atoms with Gasteiger partial charge in [-0.05, 0) is 42.7 Å². The molecule has 1 N–H and O–H groups in total. The zero-order chi connectivity index (χ0) is 14.4. The maximum Gasteiger partial charge on any atom is 0.0531 e. The molecular weight excluding hydrogens is 256 g/mol. The highest BCUT2D eigenvalue weighted by molar-refractivity contribution is 5.88. The average molecular weight is 274 g/mol. The molecular formula is C19H18N2. The van der Waals surface area contributed by atoms with E-state index in [1.807, 2.05) is 0 Å². The quantitative estimate of drug-likeness (QED) is 0.532. The molecule has 2 heterocycles. The molecule has 4 aromatic rings. The highest BCUT2D eigenvalue weighted by Gasteiger charge is 2.09. The van der Waals surface area contributed by atoms with Crippen LogP contribution in [0, 0.1) is 6.92 Å². The lowest BCUT2D eigenvalue weighted by Crippen LogP contribution is -1.91. The number of benzene rings is 2. The lowest BCUT2D eigenvalue weighted by atomic mass is 10.1. The molecule has 0 unspecified atom stereocenters. The summed E-state index contributed by atoms with van der Waals surface area (Å²) in [6.45, 7) is 4.35. The molecule has 2 aromatic heterocycles. The van der Waals surface area contributed by atoms with E-state index in [4.69, 9.17) is 0 Å². The van der Waals surface area contributed by atoms with Crippen LogP contribution in [0.2, 0.25) is 0 Å². The smallest absolute Gasteiger partial charge is 0.0531 e. The van der Waals surface area contributed by atoms with Gasteiger partial charge in [-0.3, -0.25) is 0 Å². The monoisotopic (exact) mass is 274 g/mol. The van der Waals surface area contributed by atoms with E-state index in [9.17, 15) is 0 Å². The summed E-state index contributed by atoms with van der Waals surface area (Å²) in [5.41, 5.74) is 6.37. The first kappa shape index (κ1) is 12.3. The van der Waals surface area contributed by atoms with Gasteiger partial charge in [-0.15, -0.1) is 0 Å². The molecule has 0 saturated heterocycles. The Labute approximate surface area is 124 Å². The molecule has 0 aliphatic heterocycles. The summed E-state index contributed by atoms with van der Waals surface area (Å²) in [5.74, 6) is 0. The van der Waals surface area contributed by atoms with E-state index in [-0.39, 0.29) is 0 Å². The molecule has 2 nitrogen and oxygen atoms in total. The number of fused-ring (bicyclic) bond motifs is 2. The fourth-order valence-electron chi connectivity index (χ4n) is 3.15. The minimum absolute atomic E-state index is 1.05. The summed E-state index contributed by atoms with van der Waals surface area (Å²) in [6, 6.07) is 15.3. The zero-order valence-electron chi connectivity index (χ0n) is 12.4. The Morgan fingerprint density at radius 2 is 1.90 bits per heavy atom. The van der Waals surface area contributed by atoms with Crippen molar-refractivity contribution in [3.05, 3.63) is 66.0 Å². The van der Waals surface area contributed by atoms with Gasteiger partial charge in [0.05, 0.1) is 5.52 Å². The number of H-pyrrole nitrogens is 1. The summed E-state index contributed by atoms with van der Waals surface area (Å²) in [4.78, 5) is 3.35. The van der Waals surface area contributed by atoms with E-state index in [1.54, 1.807) is 0 Å². The third-order valence-electron chi connectivity index (χ3n) is 4.33. The highest BCUT2D eigenvalue weighted by Crippen LogP contribution is 2.27. The minimum Gasteiger partial charge on any atom is -0.361 e. The van der Waals surface area contributed by atoms with Crippen LogP contribution in [0.25, 0.3) is 27.5 Å². The predicted molar refractivity (Wildman–Crippen MR) is 89.2 cm³/mol. The Morgan fingerprint density at radius 1 is 1.05 bits per heavy atom. The molecule has 0 fully saturated rings. The number of aromatic amines is 1. The summed E-state index contributed by atoms with van der Waals surface area (Å²) >= 11 is 0. The molecule has 104 valence electrons. The van der Waals surface area contributed by atoms with Crippen LogP contribution in [0.15, 0.2) is 54.9 Å². The Balaban J connectivity index is 1.99. The van der Waals surface area contributed by atoms with E-state index < -0.39 is 0 Å². The maximum atomic E-state index is 3.35. The Bertz CT molecular complexity index is 941. The Kier molecular flexibility index (Phi) is 2.64. The van der Waals surface area contributed by atoms with Crippen LogP contribution in [0.1, 0.15) is 18.1 Å². The molecule has 2 aromatic carbocycles. The fraction of sp³-hybridized carbons (Fsp3) is 0.158. The van der Waals surface area contributed by atoms with Crippen molar-refractivity contribution in [2.24, 2.45) is 0 Å². The second-order valence-corrected chi connectivity index (χ2v) is 5.60. The van der Waals surface area contributed by atoms with Crippen molar-refractivity contribution >= 4 is 21.8 Å². The first-order valence-corrected chi connectivity index (χ1v) is 7.45. The van der Waals surface area contributed by atoms with Gasteiger partial charge in [-0.1, -0.05) is 31.2 Å². The van der Waals surface area contributed by atoms with E-state index in [2.05, 4.69) is 78.3 Å². The van der Waals surface area contributed by atoms with Gasteiger partial charge in [0.15, 0.2) is 0 Å². The third-order valence-corrected chi connectivity index (χ3v) is 4.33. The van der Waals surface area contributed by atoms with Crippen molar-refractivity contribution in [2.75, 3.05) is 0 Å². The van der Waals surface area contributed by atoms with Crippen molar-refractivity contribution in [3.63, 3.8) is 0 Å². The topological polar surface area (TPSA) is 20.7 Å². The van der Waals surface area contributed by atoms with Crippen LogP contribution in [0.3, 0.4) is 0 Å². The molecule has 0 saturated carbocycles. The largest absolute Gasteiger partial charge is 0.361 e. The molecule has 0 radical (unpaired) electrons. The van der Waals surface area contributed by atoms with Gasteiger partial charge in [0.25, 0.3) is 0 Å². The highest BCUT2D eigenvalue weighted by atomic mass is 15.0. The molecule has 0 aliphatic carbocycles. The van der Waals surface area contributed by atoms with Crippen LogP contribution in [0.4, 0.5) is 0 Å².